The molecule has 2 N–H and O–H groups in total. The predicted octanol–water partition coefficient (Wildman–Crippen LogP) is 8.58. The van der Waals surface area contributed by atoms with Crippen LogP contribution in [0.4, 0.5) is 0 Å². The highest BCUT2D eigenvalue weighted by Gasteiger charge is 2.01. The first-order chi connectivity index (χ1) is 14.2. The Morgan fingerprint density at radius 2 is 1.17 bits per heavy atom. The topological polar surface area (TPSA) is 29.3 Å². The van der Waals surface area contributed by atoms with E-state index in [9.17, 15) is 0 Å². The largest absolute Gasteiger partial charge is 0.269 e. The maximum Gasteiger partial charge on any atom is 0.0128 e. The van der Waals surface area contributed by atoms with Crippen LogP contribution in [-0.2, 0) is 0 Å². The molecular weight excluding hydrogens is 352 g/mol. The molecule has 0 radical (unpaired) electrons. The van der Waals surface area contributed by atoms with Crippen molar-refractivity contribution in [3.63, 3.8) is 0 Å². The number of unbranched alkanes of at least 4 members (excludes halogenated alkanes) is 11. The Hall–Kier alpha value is -0.600. The van der Waals surface area contributed by atoms with Crippen LogP contribution in [0.1, 0.15) is 130 Å². The van der Waals surface area contributed by atoms with Crippen molar-refractivity contribution in [2.75, 3.05) is 13.1 Å². The molecule has 0 heterocycles. The number of nitrogens with zero attached hydrogens (tertiary/aromatic N) is 1. The molecule has 0 aromatic carbocycles. The molecule has 29 heavy (non-hydrogen) atoms. The number of hydrazine groups is 1. The Bertz CT molecular complexity index is 362. The molecule has 0 bridgehead atoms. The van der Waals surface area contributed by atoms with Crippen LogP contribution >= 0.6 is 0 Å². The summed E-state index contributed by atoms with van der Waals surface area (Å²) in [6.45, 7) is 9.03. The summed E-state index contributed by atoms with van der Waals surface area (Å²) in [5.41, 5.74) is 0. The molecular formula is C27H54N2. The van der Waals surface area contributed by atoms with E-state index in [1.54, 1.807) is 0 Å². The Morgan fingerprint density at radius 3 is 1.76 bits per heavy atom. The Morgan fingerprint density at radius 1 is 0.655 bits per heavy atom. The molecule has 0 saturated carbocycles. The van der Waals surface area contributed by atoms with Gasteiger partial charge < -0.3 is 0 Å². The van der Waals surface area contributed by atoms with E-state index in [2.05, 4.69) is 50.1 Å². The van der Waals surface area contributed by atoms with Gasteiger partial charge in [-0.15, -0.1) is 0 Å². The zero-order valence-corrected chi connectivity index (χ0v) is 20.3. The van der Waals surface area contributed by atoms with Crippen LogP contribution < -0.4 is 5.84 Å². The molecule has 172 valence electrons. The maximum atomic E-state index is 6.15. The van der Waals surface area contributed by atoms with E-state index in [0.717, 1.165) is 25.4 Å². The van der Waals surface area contributed by atoms with Crippen molar-refractivity contribution in [2.45, 2.75) is 130 Å². The molecule has 0 fully saturated rings. The SMILES string of the molecule is CC/C=C/C=C/CCCCCCCCN(N)CCCCCCCCC(C)CCC. The Balaban J connectivity index is 3.25. The van der Waals surface area contributed by atoms with Crippen molar-refractivity contribution in [1.82, 2.24) is 5.01 Å². The minimum atomic E-state index is 0.931. The van der Waals surface area contributed by atoms with Crippen molar-refractivity contribution in [3.05, 3.63) is 24.3 Å². The number of hydrogen-bond donors (Lipinski definition) is 1. The lowest BCUT2D eigenvalue weighted by atomic mass is 9.98. The lowest BCUT2D eigenvalue weighted by Gasteiger charge is -2.16. The van der Waals surface area contributed by atoms with E-state index in [4.69, 9.17) is 5.84 Å². The first kappa shape index (κ1) is 28.4. The van der Waals surface area contributed by atoms with Crippen molar-refractivity contribution in [3.8, 4) is 0 Å². The van der Waals surface area contributed by atoms with Crippen LogP contribution in [0, 0.1) is 5.92 Å². The smallest absolute Gasteiger partial charge is 0.0128 e. The third-order valence-corrected chi connectivity index (χ3v) is 5.86. The molecule has 1 atom stereocenters. The summed E-state index contributed by atoms with van der Waals surface area (Å²) in [4.78, 5) is 0. The third-order valence-electron chi connectivity index (χ3n) is 5.86. The maximum absolute atomic E-state index is 6.15. The van der Waals surface area contributed by atoms with Crippen molar-refractivity contribution in [2.24, 2.45) is 11.8 Å². The molecule has 1 unspecified atom stereocenters. The van der Waals surface area contributed by atoms with Gasteiger partial charge in [0.25, 0.3) is 0 Å². The first-order valence-electron chi connectivity index (χ1n) is 13.0. The highest BCUT2D eigenvalue weighted by Crippen LogP contribution is 2.16. The standard InChI is InChI=1S/C27H54N2/c1-4-6-7-8-9-10-11-12-13-15-18-21-25-29(28)26-22-19-16-14-17-20-24-27(3)23-5-2/h6-9,27H,4-5,10-26,28H2,1-3H3/b7-6+,9-8+. The summed E-state index contributed by atoms with van der Waals surface area (Å²) in [5.74, 6) is 7.08. The lowest BCUT2D eigenvalue weighted by molar-refractivity contribution is 0.268. The Kier molecular flexibility index (Phi) is 23.2. The van der Waals surface area contributed by atoms with Crippen LogP contribution in [0.2, 0.25) is 0 Å². The van der Waals surface area contributed by atoms with Crippen LogP contribution in [0.15, 0.2) is 24.3 Å². The van der Waals surface area contributed by atoms with Crippen molar-refractivity contribution >= 4 is 0 Å². The van der Waals surface area contributed by atoms with Gasteiger partial charge in [0, 0.05) is 13.1 Å². The molecule has 0 aliphatic heterocycles. The zero-order chi connectivity index (χ0) is 21.4. The summed E-state index contributed by atoms with van der Waals surface area (Å²) in [5, 5.41) is 2.06. The van der Waals surface area contributed by atoms with Crippen molar-refractivity contribution in [1.29, 1.82) is 0 Å². The first-order valence-corrected chi connectivity index (χ1v) is 13.0. The summed E-state index contributed by atoms with van der Waals surface area (Å²) in [6.07, 6.45) is 31.7. The van der Waals surface area contributed by atoms with Crippen molar-refractivity contribution < 1.29 is 0 Å². The second-order valence-electron chi connectivity index (χ2n) is 9.01. The monoisotopic (exact) mass is 406 g/mol. The molecule has 2 heteroatoms. The molecule has 0 rings (SSSR count). The van der Waals surface area contributed by atoms with E-state index >= 15 is 0 Å². The van der Waals surface area contributed by atoms with E-state index in [1.165, 1.54) is 103 Å². The molecule has 0 amide bonds. The molecule has 0 spiro atoms. The highest BCUT2D eigenvalue weighted by atomic mass is 15.4. The fourth-order valence-corrected chi connectivity index (χ4v) is 3.94. The third kappa shape index (κ3) is 23.5. The molecule has 0 aromatic heterocycles. The average molecular weight is 407 g/mol. The summed E-state index contributed by atoms with van der Waals surface area (Å²) < 4.78 is 0. The van der Waals surface area contributed by atoms with E-state index in [0.29, 0.717) is 0 Å². The van der Waals surface area contributed by atoms with Gasteiger partial charge in [0.2, 0.25) is 0 Å². The van der Waals surface area contributed by atoms with Gasteiger partial charge in [0.1, 0.15) is 0 Å². The molecule has 0 saturated heterocycles. The van der Waals surface area contributed by atoms with Gasteiger partial charge in [-0.2, -0.15) is 0 Å². The second-order valence-corrected chi connectivity index (χ2v) is 9.01. The quantitative estimate of drug-likeness (QED) is 0.0844. The van der Waals surface area contributed by atoms with E-state index in [1.807, 2.05) is 0 Å². The van der Waals surface area contributed by atoms with Gasteiger partial charge in [-0.05, 0) is 38.0 Å². The fourth-order valence-electron chi connectivity index (χ4n) is 3.94. The van der Waals surface area contributed by atoms with Crippen LogP contribution in [-0.4, -0.2) is 18.1 Å². The number of nitrogens with two attached hydrogens (primary N) is 1. The summed E-state index contributed by atoms with van der Waals surface area (Å²) in [7, 11) is 0. The minimum Gasteiger partial charge on any atom is -0.269 e. The van der Waals surface area contributed by atoms with Crippen LogP contribution in [0.25, 0.3) is 0 Å². The normalized spacial score (nSPS) is 13.3. The average Bonchev–Trinajstić information content (AvgIpc) is 2.71. The van der Waals surface area contributed by atoms with Gasteiger partial charge in [-0.25, -0.2) is 5.01 Å². The predicted molar refractivity (Wildman–Crippen MR) is 133 cm³/mol. The molecule has 0 aliphatic carbocycles. The summed E-state index contributed by atoms with van der Waals surface area (Å²) >= 11 is 0. The lowest BCUT2D eigenvalue weighted by Crippen LogP contribution is -2.32. The molecule has 0 aromatic rings. The zero-order valence-electron chi connectivity index (χ0n) is 20.3. The molecule has 2 nitrogen and oxygen atoms in total. The fraction of sp³-hybridized carbons (Fsp3) is 0.852. The van der Waals surface area contributed by atoms with Gasteiger partial charge in [-0.3, -0.25) is 5.84 Å². The number of allylic oxidation sites excluding steroid dienone is 4. The van der Waals surface area contributed by atoms with E-state index in [-0.39, 0.29) is 0 Å². The molecule has 0 aliphatic rings. The van der Waals surface area contributed by atoms with E-state index < -0.39 is 0 Å². The van der Waals surface area contributed by atoms with Gasteiger partial charge >= 0.3 is 0 Å². The number of rotatable bonds is 22. The minimum absolute atomic E-state index is 0.931. The van der Waals surface area contributed by atoms with Gasteiger partial charge in [0.15, 0.2) is 0 Å². The van der Waals surface area contributed by atoms with Gasteiger partial charge in [-0.1, -0.05) is 122 Å². The number of hydrogen-bond acceptors (Lipinski definition) is 2. The highest BCUT2D eigenvalue weighted by molar-refractivity contribution is 5.01. The van der Waals surface area contributed by atoms with Crippen LogP contribution in [0.3, 0.4) is 0 Å². The second kappa shape index (κ2) is 23.7. The van der Waals surface area contributed by atoms with Gasteiger partial charge in [0.05, 0.1) is 0 Å². The summed E-state index contributed by atoms with van der Waals surface area (Å²) in [6, 6.07) is 0. The Labute approximate surface area is 184 Å². The van der Waals surface area contributed by atoms with Crippen LogP contribution in [0.5, 0.6) is 0 Å².